The summed E-state index contributed by atoms with van der Waals surface area (Å²) in [6.07, 6.45) is 4.82. The molecular formula is C17H11F2N3O3S2. The Kier molecular flexibility index (Phi) is 5.77. The lowest BCUT2D eigenvalue weighted by molar-refractivity contribution is -0.123. The number of aromatic nitrogens is 1. The van der Waals surface area contributed by atoms with Crippen LogP contribution in [0.3, 0.4) is 0 Å². The summed E-state index contributed by atoms with van der Waals surface area (Å²) in [5.41, 5.74) is 3.28. The summed E-state index contributed by atoms with van der Waals surface area (Å²) in [5, 5.41) is 0.966. The molecule has 0 saturated carbocycles. The van der Waals surface area contributed by atoms with E-state index >= 15 is 0 Å². The topological polar surface area (TPSA) is 71.5 Å². The van der Waals surface area contributed by atoms with Gasteiger partial charge in [0.1, 0.15) is 5.75 Å². The number of thiocarbonyl (C=S) groups is 1. The predicted molar refractivity (Wildman–Crippen MR) is 99.8 cm³/mol. The number of benzene rings is 1. The molecule has 1 N–H and O–H groups in total. The van der Waals surface area contributed by atoms with E-state index in [4.69, 9.17) is 12.2 Å². The molecule has 2 heterocycles. The maximum Gasteiger partial charge on any atom is 0.387 e. The van der Waals surface area contributed by atoms with Crippen LogP contribution in [0, 0.1) is 0 Å². The van der Waals surface area contributed by atoms with E-state index in [0.29, 0.717) is 4.91 Å². The van der Waals surface area contributed by atoms with Crippen LogP contribution in [0.15, 0.2) is 53.7 Å². The van der Waals surface area contributed by atoms with E-state index in [-0.39, 0.29) is 15.6 Å². The second kappa shape index (κ2) is 8.23. The van der Waals surface area contributed by atoms with Crippen molar-refractivity contribution in [1.82, 2.24) is 15.4 Å². The highest BCUT2D eigenvalue weighted by atomic mass is 32.2. The molecule has 0 atom stereocenters. The van der Waals surface area contributed by atoms with Gasteiger partial charge in [-0.1, -0.05) is 17.8 Å². The van der Waals surface area contributed by atoms with Crippen molar-refractivity contribution >= 4 is 46.2 Å². The minimum absolute atomic E-state index is 0.0773. The molecule has 1 aromatic heterocycles. The van der Waals surface area contributed by atoms with Gasteiger partial charge in [0.05, 0.1) is 4.91 Å². The molecule has 27 heavy (non-hydrogen) atoms. The normalized spacial score (nSPS) is 15.5. The monoisotopic (exact) mass is 407 g/mol. The van der Waals surface area contributed by atoms with E-state index < -0.39 is 18.4 Å². The van der Waals surface area contributed by atoms with Crippen LogP contribution >= 0.6 is 24.0 Å². The first-order chi connectivity index (χ1) is 12.9. The van der Waals surface area contributed by atoms with Crippen molar-refractivity contribution in [1.29, 1.82) is 0 Å². The number of halogens is 2. The lowest BCUT2D eigenvalue weighted by atomic mass is 10.2. The van der Waals surface area contributed by atoms with Gasteiger partial charge in [-0.05, 0) is 54.2 Å². The molecule has 0 spiro atoms. The van der Waals surface area contributed by atoms with E-state index in [2.05, 4.69) is 15.1 Å². The van der Waals surface area contributed by atoms with Gasteiger partial charge in [-0.2, -0.15) is 13.8 Å². The zero-order valence-electron chi connectivity index (χ0n) is 13.5. The minimum Gasteiger partial charge on any atom is -0.435 e. The molecule has 1 aliphatic heterocycles. The predicted octanol–water partition coefficient (Wildman–Crippen LogP) is 3.23. The van der Waals surface area contributed by atoms with Crippen molar-refractivity contribution in [2.45, 2.75) is 6.61 Å². The van der Waals surface area contributed by atoms with Gasteiger partial charge in [0, 0.05) is 18.0 Å². The largest absolute Gasteiger partial charge is 0.435 e. The molecule has 0 aliphatic carbocycles. The van der Waals surface area contributed by atoms with E-state index in [9.17, 15) is 18.4 Å². The van der Waals surface area contributed by atoms with Crippen LogP contribution in [0.25, 0.3) is 6.08 Å². The van der Waals surface area contributed by atoms with Crippen LogP contribution in [0.4, 0.5) is 8.78 Å². The first-order valence-electron chi connectivity index (χ1n) is 7.48. The van der Waals surface area contributed by atoms with Crippen molar-refractivity contribution in [3.63, 3.8) is 0 Å². The molecule has 0 bridgehead atoms. The maximum atomic E-state index is 12.5. The summed E-state index contributed by atoms with van der Waals surface area (Å²) < 4.78 is 28.7. The fourth-order valence-corrected chi connectivity index (χ4v) is 3.31. The Hall–Kier alpha value is -2.85. The van der Waals surface area contributed by atoms with Gasteiger partial charge in [0.25, 0.3) is 11.8 Å². The number of hydrogen-bond donors (Lipinski definition) is 1. The van der Waals surface area contributed by atoms with Crippen molar-refractivity contribution < 1.29 is 23.1 Å². The fraction of sp³-hybridized carbons (Fsp3) is 0.0588. The van der Waals surface area contributed by atoms with Crippen molar-refractivity contribution in [2.24, 2.45) is 0 Å². The van der Waals surface area contributed by atoms with Crippen LogP contribution in [-0.4, -0.2) is 32.7 Å². The quantitative estimate of drug-likeness (QED) is 0.606. The van der Waals surface area contributed by atoms with Crippen LogP contribution in [0.2, 0.25) is 0 Å². The fourth-order valence-electron chi connectivity index (χ4n) is 2.13. The first-order valence-corrected chi connectivity index (χ1v) is 8.70. The SMILES string of the molecule is O=C(NN1C(=O)C(=Cc2cccnc2)SC1=S)c1ccc(OC(F)F)cc1. The van der Waals surface area contributed by atoms with E-state index in [1.807, 2.05) is 0 Å². The lowest BCUT2D eigenvalue weighted by Crippen LogP contribution is -2.44. The van der Waals surface area contributed by atoms with Gasteiger partial charge in [0.2, 0.25) is 0 Å². The molecule has 138 valence electrons. The number of hydrogen-bond acceptors (Lipinski definition) is 6. The average Bonchev–Trinajstić information content (AvgIpc) is 2.90. The number of nitrogens with zero attached hydrogens (tertiary/aromatic N) is 2. The Morgan fingerprint density at radius 1 is 1.30 bits per heavy atom. The second-order valence-electron chi connectivity index (χ2n) is 5.15. The number of amides is 2. The second-order valence-corrected chi connectivity index (χ2v) is 6.82. The molecule has 0 unspecified atom stereocenters. The number of alkyl halides is 2. The molecule has 6 nitrogen and oxygen atoms in total. The summed E-state index contributed by atoms with van der Waals surface area (Å²) in [4.78, 5) is 29.1. The number of nitrogens with one attached hydrogen (secondary N) is 1. The highest BCUT2D eigenvalue weighted by Crippen LogP contribution is 2.31. The van der Waals surface area contributed by atoms with E-state index in [0.717, 1.165) is 22.3 Å². The third-order valence-electron chi connectivity index (χ3n) is 3.33. The van der Waals surface area contributed by atoms with Crippen molar-refractivity contribution in [3.05, 3.63) is 64.8 Å². The molecule has 1 fully saturated rings. The smallest absolute Gasteiger partial charge is 0.387 e. The van der Waals surface area contributed by atoms with Crippen LogP contribution < -0.4 is 10.2 Å². The number of rotatable bonds is 5. The Balaban J connectivity index is 1.70. The van der Waals surface area contributed by atoms with Crippen molar-refractivity contribution in [2.75, 3.05) is 0 Å². The average molecular weight is 407 g/mol. The van der Waals surface area contributed by atoms with E-state index in [1.165, 1.54) is 24.3 Å². The Bertz CT molecular complexity index is 905. The Morgan fingerprint density at radius 2 is 2.04 bits per heavy atom. The summed E-state index contributed by atoms with van der Waals surface area (Å²) in [6.45, 7) is -2.95. The molecule has 1 saturated heterocycles. The standard InChI is InChI=1S/C17H11F2N3O3S2/c18-16(19)25-12-5-3-11(4-6-12)14(23)21-22-15(24)13(27-17(22)26)8-10-2-1-7-20-9-10/h1-9,16H,(H,21,23). The summed E-state index contributed by atoms with van der Waals surface area (Å²) in [7, 11) is 0. The summed E-state index contributed by atoms with van der Waals surface area (Å²) in [5.74, 6) is -1.16. The number of hydrazine groups is 1. The molecule has 1 aliphatic rings. The molecule has 10 heteroatoms. The summed E-state index contributed by atoms with van der Waals surface area (Å²) in [6, 6.07) is 8.57. The molecule has 2 aromatic rings. The molecule has 2 amide bonds. The molecule has 0 radical (unpaired) electrons. The van der Waals surface area contributed by atoms with Gasteiger partial charge < -0.3 is 4.74 Å². The zero-order chi connectivity index (χ0) is 19.4. The maximum absolute atomic E-state index is 12.5. The summed E-state index contributed by atoms with van der Waals surface area (Å²) >= 11 is 6.19. The molecule has 1 aromatic carbocycles. The van der Waals surface area contributed by atoms with Crippen LogP contribution in [0.1, 0.15) is 15.9 Å². The Labute approximate surface area is 162 Å². The highest BCUT2D eigenvalue weighted by Gasteiger charge is 2.33. The van der Waals surface area contributed by atoms with Crippen molar-refractivity contribution in [3.8, 4) is 5.75 Å². The van der Waals surface area contributed by atoms with Gasteiger partial charge >= 0.3 is 6.61 Å². The third-order valence-corrected chi connectivity index (χ3v) is 4.63. The number of carbonyl (C=O) groups is 2. The third kappa shape index (κ3) is 4.66. The number of thioether (sulfide) groups is 1. The van der Waals surface area contributed by atoms with Gasteiger partial charge in [-0.3, -0.25) is 20.0 Å². The molecule has 3 rings (SSSR count). The van der Waals surface area contributed by atoms with Gasteiger partial charge in [-0.15, -0.1) is 0 Å². The zero-order valence-corrected chi connectivity index (χ0v) is 15.1. The Morgan fingerprint density at radius 3 is 2.67 bits per heavy atom. The van der Waals surface area contributed by atoms with Crippen LogP contribution in [-0.2, 0) is 4.79 Å². The minimum atomic E-state index is -2.95. The van der Waals surface area contributed by atoms with Crippen LogP contribution in [0.5, 0.6) is 5.75 Å². The van der Waals surface area contributed by atoms with Gasteiger partial charge in [-0.25, -0.2) is 0 Å². The highest BCUT2D eigenvalue weighted by molar-refractivity contribution is 8.26. The number of pyridine rings is 1. The number of carbonyl (C=O) groups excluding carboxylic acids is 2. The van der Waals surface area contributed by atoms with E-state index in [1.54, 1.807) is 30.6 Å². The first kappa shape index (κ1) is 18.9. The number of ether oxygens (including phenoxy) is 1. The lowest BCUT2D eigenvalue weighted by Gasteiger charge is -2.15. The molecular weight excluding hydrogens is 396 g/mol. The van der Waals surface area contributed by atoms with Gasteiger partial charge in [0.15, 0.2) is 4.32 Å².